The molecular weight excluding hydrogens is 244 g/mol. The maximum atomic E-state index is 12.2. The predicted molar refractivity (Wildman–Crippen MR) is 71.5 cm³/mol. The second kappa shape index (κ2) is 4.50. The van der Waals surface area contributed by atoms with E-state index in [9.17, 15) is 9.59 Å². The number of Topliss-reactive ketones (excluding diaryl/α,β-unsaturated/α-hetero) is 1. The molecule has 0 unspecified atom stereocenters. The van der Waals surface area contributed by atoms with Crippen molar-refractivity contribution in [3.05, 3.63) is 57.3 Å². The number of rotatable bonds is 2. The molecule has 1 aromatic carbocycles. The van der Waals surface area contributed by atoms with E-state index in [1.165, 1.54) is 11.3 Å². The molecule has 0 aliphatic heterocycles. The van der Waals surface area contributed by atoms with Crippen LogP contribution in [0.4, 0.5) is 0 Å². The molecule has 90 valence electrons. The molecule has 0 N–H and O–H groups in total. The first-order valence-corrected chi connectivity index (χ1v) is 6.88. The van der Waals surface area contributed by atoms with E-state index in [-0.39, 0.29) is 11.6 Å². The van der Waals surface area contributed by atoms with Crippen LogP contribution in [0.5, 0.6) is 0 Å². The van der Waals surface area contributed by atoms with Crippen LogP contribution in [0, 0.1) is 0 Å². The van der Waals surface area contributed by atoms with Gasteiger partial charge in [0.15, 0.2) is 5.78 Å². The van der Waals surface area contributed by atoms with E-state index in [0.717, 1.165) is 28.8 Å². The Morgan fingerprint density at radius 1 is 1.17 bits per heavy atom. The van der Waals surface area contributed by atoms with Gasteiger partial charge in [-0.15, -0.1) is 11.3 Å². The highest BCUT2D eigenvalue weighted by molar-refractivity contribution is 7.12. The van der Waals surface area contributed by atoms with Crippen LogP contribution in [0.3, 0.4) is 0 Å². The Balaban J connectivity index is 2.00. The molecule has 1 aliphatic carbocycles. The summed E-state index contributed by atoms with van der Waals surface area (Å²) in [6, 6.07) is 9.16. The molecule has 3 heteroatoms. The van der Waals surface area contributed by atoms with E-state index in [4.69, 9.17) is 0 Å². The summed E-state index contributed by atoms with van der Waals surface area (Å²) in [5.41, 5.74) is 2.50. The van der Waals surface area contributed by atoms with Crippen LogP contribution in [-0.4, -0.2) is 11.6 Å². The molecule has 0 saturated carbocycles. The highest BCUT2D eigenvalue weighted by atomic mass is 32.1. The monoisotopic (exact) mass is 256 g/mol. The highest BCUT2D eigenvalue weighted by Gasteiger charge is 2.19. The smallest absolute Gasteiger partial charge is 0.202 e. The van der Waals surface area contributed by atoms with Crippen LogP contribution in [0.1, 0.15) is 44.0 Å². The van der Waals surface area contributed by atoms with Gasteiger partial charge in [-0.25, -0.2) is 0 Å². The maximum absolute atomic E-state index is 12.2. The summed E-state index contributed by atoms with van der Waals surface area (Å²) in [5, 5.41) is 1.90. The summed E-state index contributed by atoms with van der Waals surface area (Å²) in [4.78, 5) is 24.7. The molecule has 0 atom stereocenters. The van der Waals surface area contributed by atoms with Gasteiger partial charge in [0.1, 0.15) is 0 Å². The lowest BCUT2D eigenvalue weighted by atomic mass is 9.89. The summed E-state index contributed by atoms with van der Waals surface area (Å²) in [6.45, 7) is 0. The molecule has 1 heterocycles. The van der Waals surface area contributed by atoms with E-state index in [2.05, 4.69) is 0 Å². The average molecular weight is 256 g/mol. The van der Waals surface area contributed by atoms with Crippen molar-refractivity contribution < 1.29 is 9.59 Å². The van der Waals surface area contributed by atoms with E-state index in [1.54, 1.807) is 12.1 Å². The van der Waals surface area contributed by atoms with Crippen molar-refractivity contribution in [2.24, 2.45) is 0 Å². The minimum Gasteiger partial charge on any atom is -0.294 e. The van der Waals surface area contributed by atoms with E-state index >= 15 is 0 Å². The lowest BCUT2D eigenvalue weighted by Crippen LogP contribution is -2.12. The number of hydrogen-bond donors (Lipinski definition) is 0. The number of aryl methyl sites for hydroxylation is 1. The molecule has 1 aliphatic rings. The van der Waals surface area contributed by atoms with Crippen molar-refractivity contribution in [2.45, 2.75) is 19.3 Å². The van der Waals surface area contributed by atoms with Gasteiger partial charge in [-0.1, -0.05) is 18.2 Å². The zero-order valence-corrected chi connectivity index (χ0v) is 10.6. The third kappa shape index (κ3) is 1.91. The topological polar surface area (TPSA) is 34.1 Å². The second-order valence-corrected chi connectivity index (χ2v) is 5.40. The minimum atomic E-state index is 0.0471. The molecule has 0 amide bonds. The van der Waals surface area contributed by atoms with Crippen LogP contribution in [0.2, 0.25) is 0 Å². The zero-order chi connectivity index (χ0) is 12.5. The Morgan fingerprint density at radius 3 is 2.83 bits per heavy atom. The third-order valence-electron chi connectivity index (χ3n) is 3.26. The number of thiophene rings is 1. The molecule has 0 spiro atoms. The molecule has 0 saturated heterocycles. The van der Waals surface area contributed by atoms with Gasteiger partial charge in [-0.3, -0.25) is 9.59 Å². The lowest BCUT2D eigenvalue weighted by molar-refractivity contribution is 0.0970. The SMILES string of the molecule is O=C(c1ccc2c(c1)CCCC2=O)c1cccs1. The van der Waals surface area contributed by atoms with Crippen molar-refractivity contribution >= 4 is 22.9 Å². The number of carbonyl (C=O) groups excluding carboxylic acids is 2. The van der Waals surface area contributed by atoms with Gasteiger partial charge in [0.05, 0.1) is 4.88 Å². The molecule has 3 rings (SSSR count). The predicted octanol–water partition coefficient (Wildman–Crippen LogP) is 3.50. The Morgan fingerprint density at radius 2 is 2.06 bits per heavy atom. The fourth-order valence-electron chi connectivity index (χ4n) is 2.34. The molecular formula is C15H12O2S. The second-order valence-electron chi connectivity index (χ2n) is 4.46. The Hall–Kier alpha value is -1.74. The Bertz CT molecular complexity index is 611. The van der Waals surface area contributed by atoms with Crippen LogP contribution in [0.25, 0.3) is 0 Å². The Kier molecular flexibility index (Phi) is 2.84. The van der Waals surface area contributed by atoms with Gasteiger partial charge in [0, 0.05) is 17.5 Å². The fraction of sp³-hybridized carbons (Fsp3) is 0.200. The van der Waals surface area contributed by atoms with Crippen LogP contribution in [-0.2, 0) is 6.42 Å². The molecule has 0 bridgehead atoms. The normalized spacial score (nSPS) is 14.3. The lowest BCUT2D eigenvalue weighted by Gasteiger charge is -2.15. The summed E-state index contributed by atoms with van der Waals surface area (Å²) in [7, 11) is 0. The third-order valence-corrected chi connectivity index (χ3v) is 4.13. The van der Waals surface area contributed by atoms with Crippen molar-refractivity contribution in [3.63, 3.8) is 0 Å². The molecule has 0 fully saturated rings. The molecule has 1 aromatic heterocycles. The van der Waals surface area contributed by atoms with E-state index < -0.39 is 0 Å². The summed E-state index contributed by atoms with van der Waals surface area (Å²) in [6.07, 6.45) is 2.42. The maximum Gasteiger partial charge on any atom is 0.202 e. The first-order valence-electron chi connectivity index (χ1n) is 6.00. The molecule has 0 radical (unpaired) electrons. The van der Waals surface area contributed by atoms with Gasteiger partial charge in [0.2, 0.25) is 5.78 Å². The first-order chi connectivity index (χ1) is 8.75. The van der Waals surface area contributed by atoms with Crippen LogP contribution < -0.4 is 0 Å². The standard InChI is InChI=1S/C15H12O2S/c16-13-4-1-3-10-9-11(6-7-12(10)13)15(17)14-5-2-8-18-14/h2,5-9H,1,3-4H2. The molecule has 2 nitrogen and oxygen atoms in total. The molecule has 18 heavy (non-hydrogen) atoms. The van der Waals surface area contributed by atoms with E-state index in [0.29, 0.717) is 12.0 Å². The summed E-state index contributed by atoms with van der Waals surface area (Å²) < 4.78 is 0. The van der Waals surface area contributed by atoms with Gasteiger partial charge in [-0.2, -0.15) is 0 Å². The minimum absolute atomic E-state index is 0.0471. The average Bonchev–Trinajstić information content (AvgIpc) is 2.91. The first kappa shape index (κ1) is 11.4. The number of benzene rings is 1. The van der Waals surface area contributed by atoms with Gasteiger partial charge >= 0.3 is 0 Å². The number of fused-ring (bicyclic) bond motifs is 1. The number of carbonyl (C=O) groups is 2. The Labute approximate surface area is 109 Å². The van der Waals surface area contributed by atoms with Crippen LogP contribution >= 0.6 is 11.3 Å². The molecule has 2 aromatic rings. The van der Waals surface area contributed by atoms with E-state index in [1.807, 2.05) is 23.6 Å². The quantitative estimate of drug-likeness (QED) is 0.771. The van der Waals surface area contributed by atoms with Gasteiger partial charge in [0.25, 0.3) is 0 Å². The van der Waals surface area contributed by atoms with Crippen molar-refractivity contribution in [2.75, 3.05) is 0 Å². The summed E-state index contributed by atoms with van der Waals surface area (Å²) >= 11 is 1.45. The highest BCUT2D eigenvalue weighted by Crippen LogP contribution is 2.24. The fourth-order valence-corrected chi connectivity index (χ4v) is 3.02. The number of hydrogen-bond acceptors (Lipinski definition) is 3. The zero-order valence-electron chi connectivity index (χ0n) is 9.81. The summed E-state index contributed by atoms with van der Waals surface area (Å²) in [5.74, 6) is 0.247. The van der Waals surface area contributed by atoms with Crippen LogP contribution in [0.15, 0.2) is 35.7 Å². The van der Waals surface area contributed by atoms with Gasteiger partial charge in [-0.05, 0) is 35.9 Å². The van der Waals surface area contributed by atoms with Crippen molar-refractivity contribution in [3.8, 4) is 0 Å². The van der Waals surface area contributed by atoms with Gasteiger partial charge < -0.3 is 0 Å². The van der Waals surface area contributed by atoms with Crippen molar-refractivity contribution in [1.29, 1.82) is 0 Å². The number of ketones is 2. The van der Waals surface area contributed by atoms with Crippen molar-refractivity contribution in [1.82, 2.24) is 0 Å². The largest absolute Gasteiger partial charge is 0.294 e.